The lowest BCUT2D eigenvalue weighted by Crippen LogP contribution is -2.35. The molecule has 0 spiro atoms. The van der Waals surface area contributed by atoms with Crippen molar-refractivity contribution in [2.75, 3.05) is 33.9 Å². The Labute approximate surface area is 181 Å². The van der Waals surface area contributed by atoms with Crippen LogP contribution >= 0.6 is 0 Å². The summed E-state index contributed by atoms with van der Waals surface area (Å²) in [5, 5.41) is 0. The monoisotopic (exact) mass is 447 g/mol. The fraction of sp³-hybridized carbons (Fsp3) is 0.364. The van der Waals surface area contributed by atoms with Gasteiger partial charge in [-0.15, -0.1) is 0 Å². The van der Waals surface area contributed by atoms with Crippen LogP contribution in [0.4, 0.5) is 0 Å². The largest absolute Gasteiger partial charge is 0.493 e. The van der Waals surface area contributed by atoms with E-state index in [4.69, 9.17) is 14.2 Å². The van der Waals surface area contributed by atoms with Crippen molar-refractivity contribution in [2.24, 2.45) is 0 Å². The van der Waals surface area contributed by atoms with Crippen molar-refractivity contribution < 1.29 is 32.2 Å². The summed E-state index contributed by atoms with van der Waals surface area (Å²) in [6.07, 6.45) is 2.64. The van der Waals surface area contributed by atoms with Gasteiger partial charge in [0.2, 0.25) is 10.0 Å². The van der Waals surface area contributed by atoms with Crippen LogP contribution in [0.25, 0.3) is 0 Å². The topological polar surface area (TPSA) is 99.2 Å². The Kier molecular flexibility index (Phi) is 7.29. The van der Waals surface area contributed by atoms with Crippen molar-refractivity contribution in [3.05, 3.63) is 53.6 Å². The van der Waals surface area contributed by atoms with Crippen LogP contribution in [0.5, 0.6) is 11.5 Å². The van der Waals surface area contributed by atoms with Crippen molar-refractivity contribution in [3.63, 3.8) is 0 Å². The molecule has 1 saturated heterocycles. The molecule has 1 aliphatic heterocycles. The second kappa shape index (κ2) is 9.93. The van der Waals surface area contributed by atoms with Crippen LogP contribution in [-0.2, 0) is 14.8 Å². The van der Waals surface area contributed by atoms with Crippen LogP contribution < -0.4 is 9.47 Å². The lowest BCUT2D eigenvalue weighted by molar-refractivity contribution is 0.0474. The van der Waals surface area contributed by atoms with E-state index in [9.17, 15) is 18.0 Å². The lowest BCUT2D eigenvalue weighted by Gasteiger charge is -2.25. The third-order valence-corrected chi connectivity index (χ3v) is 6.96. The third kappa shape index (κ3) is 5.23. The number of rotatable bonds is 8. The van der Waals surface area contributed by atoms with E-state index in [2.05, 4.69) is 0 Å². The number of carbonyl (C=O) groups excluding carboxylic acids is 2. The van der Waals surface area contributed by atoms with E-state index >= 15 is 0 Å². The lowest BCUT2D eigenvalue weighted by atomic mass is 10.1. The summed E-state index contributed by atoms with van der Waals surface area (Å²) in [5.41, 5.74) is 0.366. The smallest absolute Gasteiger partial charge is 0.338 e. The molecule has 8 nitrogen and oxygen atoms in total. The predicted molar refractivity (Wildman–Crippen MR) is 113 cm³/mol. The van der Waals surface area contributed by atoms with Crippen molar-refractivity contribution in [2.45, 2.75) is 24.2 Å². The first-order valence-electron chi connectivity index (χ1n) is 9.89. The van der Waals surface area contributed by atoms with Crippen LogP contribution in [0.3, 0.4) is 0 Å². The molecule has 0 N–H and O–H groups in total. The maximum Gasteiger partial charge on any atom is 0.338 e. The number of hydrogen-bond donors (Lipinski definition) is 0. The molecule has 0 bridgehead atoms. The molecule has 1 heterocycles. The number of methoxy groups -OCH3 is 2. The molecule has 0 atom stereocenters. The summed E-state index contributed by atoms with van der Waals surface area (Å²) >= 11 is 0. The van der Waals surface area contributed by atoms with E-state index in [1.54, 1.807) is 12.1 Å². The standard InChI is InChI=1S/C22H25NO7S/c1-28-20-10-9-16(14-21(20)29-2)19(24)15-30-22(25)17-7-6-8-18(13-17)31(26,27)23-11-4-3-5-12-23/h6-10,13-14H,3-5,11-12,15H2,1-2H3. The van der Waals surface area contributed by atoms with E-state index in [1.165, 1.54) is 48.9 Å². The summed E-state index contributed by atoms with van der Waals surface area (Å²) in [5.74, 6) is -0.339. The van der Waals surface area contributed by atoms with Crippen LogP contribution in [0.1, 0.15) is 40.0 Å². The number of sulfonamides is 1. The predicted octanol–water partition coefficient (Wildman–Crippen LogP) is 2.92. The van der Waals surface area contributed by atoms with Gasteiger partial charge in [-0.1, -0.05) is 12.5 Å². The minimum atomic E-state index is -3.67. The van der Waals surface area contributed by atoms with E-state index in [1.807, 2.05) is 0 Å². The minimum Gasteiger partial charge on any atom is -0.493 e. The molecule has 0 aromatic heterocycles. The summed E-state index contributed by atoms with van der Waals surface area (Å²) in [7, 11) is -0.732. The molecule has 31 heavy (non-hydrogen) atoms. The van der Waals surface area contributed by atoms with Crippen molar-refractivity contribution in [1.82, 2.24) is 4.31 Å². The highest BCUT2D eigenvalue weighted by Crippen LogP contribution is 2.28. The first kappa shape index (κ1) is 22.8. The zero-order chi connectivity index (χ0) is 22.4. The van der Waals surface area contributed by atoms with Gasteiger partial charge in [-0.25, -0.2) is 13.2 Å². The number of ether oxygens (including phenoxy) is 3. The second-order valence-corrected chi connectivity index (χ2v) is 9.00. The number of esters is 1. The molecule has 0 aliphatic carbocycles. The number of piperidine rings is 1. The quantitative estimate of drug-likeness (QED) is 0.453. The molecule has 0 saturated carbocycles. The average Bonchev–Trinajstić information content (AvgIpc) is 2.82. The second-order valence-electron chi connectivity index (χ2n) is 7.06. The van der Waals surface area contributed by atoms with Crippen LogP contribution in [0.2, 0.25) is 0 Å². The Hall–Kier alpha value is -2.91. The van der Waals surface area contributed by atoms with E-state index in [-0.39, 0.29) is 10.5 Å². The molecule has 0 radical (unpaired) electrons. The fourth-order valence-electron chi connectivity index (χ4n) is 3.35. The first-order chi connectivity index (χ1) is 14.9. The van der Waals surface area contributed by atoms with E-state index < -0.39 is 28.4 Å². The molecule has 3 rings (SSSR count). The Morgan fingerprint density at radius 1 is 0.903 bits per heavy atom. The van der Waals surface area contributed by atoms with Gasteiger partial charge in [0.15, 0.2) is 23.9 Å². The zero-order valence-corrected chi connectivity index (χ0v) is 18.3. The fourth-order valence-corrected chi connectivity index (χ4v) is 4.91. The normalized spacial score (nSPS) is 14.6. The molecule has 2 aromatic carbocycles. The van der Waals surface area contributed by atoms with Crippen molar-refractivity contribution in [1.29, 1.82) is 0 Å². The number of ketones is 1. The molecule has 0 unspecified atom stereocenters. The Bertz CT molecular complexity index is 1060. The molecular weight excluding hydrogens is 422 g/mol. The maximum absolute atomic E-state index is 12.8. The Morgan fingerprint density at radius 2 is 1.61 bits per heavy atom. The van der Waals surface area contributed by atoms with Crippen molar-refractivity contribution >= 4 is 21.8 Å². The Balaban J connectivity index is 1.68. The number of hydrogen-bond acceptors (Lipinski definition) is 7. The summed E-state index contributed by atoms with van der Waals surface area (Å²) < 4.78 is 42.5. The molecule has 166 valence electrons. The number of nitrogens with zero attached hydrogens (tertiary/aromatic N) is 1. The van der Waals surface area contributed by atoms with E-state index in [0.717, 1.165) is 19.3 Å². The zero-order valence-electron chi connectivity index (χ0n) is 17.5. The summed E-state index contributed by atoms with van der Waals surface area (Å²) in [6.45, 7) is 0.449. The van der Waals surface area contributed by atoms with Crippen LogP contribution in [0.15, 0.2) is 47.4 Å². The highest BCUT2D eigenvalue weighted by molar-refractivity contribution is 7.89. The number of carbonyl (C=O) groups is 2. The van der Waals surface area contributed by atoms with Gasteiger partial charge in [-0.3, -0.25) is 4.79 Å². The number of Topliss-reactive ketones (excluding diaryl/α,β-unsaturated/α-hetero) is 1. The Morgan fingerprint density at radius 3 is 2.29 bits per heavy atom. The molecule has 1 aliphatic rings. The van der Waals surface area contributed by atoms with Gasteiger partial charge >= 0.3 is 5.97 Å². The van der Waals surface area contributed by atoms with Crippen LogP contribution in [-0.4, -0.2) is 58.4 Å². The first-order valence-corrected chi connectivity index (χ1v) is 11.3. The van der Waals surface area contributed by atoms with Crippen LogP contribution in [0, 0.1) is 0 Å². The van der Waals surface area contributed by atoms with Gasteiger partial charge in [-0.05, 0) is 49.2 Å². The molecule has 9 heteroatoms. The highest BCUT2D eigenvalue weighted by atomic mass is 32.2. The maximum atomic E-state index is 12.8. The highest BCUT2D eigenvalue weighted by Gasteiger charge is 2.26. The molecule has 1 fully saturated rings. The molecule has 2 aromatic rings. The van der Waals surface area contributed by atoms with Gasteiger partial charge in [0.05, 0.1) is 24.7 Å². The SMILES string of the molecule is COc1ccc(C(=O)COC(=O)c2cccc(S(=O)(=O)N3CCCCC3)c2)cc1OC. The third-order valence-electron chi connectivity index (χ3n) is 5.06. The summed E-state index contributed by atoms with van der Waals surface area (Å²) in [6, 6.07) is 10.3. The van der Waals surface area contributed by atoms with Gasteiger partial charge < -0.3 is 14.2 Å². The van der Waals surface area contributed by atoms with Gasteiger partial charge in [0, 0.05) is 18.7 Å². The van der Waals surface area contributed by atoms with Gasteiger partial charge in [-0.2, -0.15) is 4.31 Å². The van der Waals surface area contributed by atoms with Crippen molar-refractivity contribution in [3.8, 4) is 11.5 Å². The molecular formula is C22H25NO7S. The summed E-state index contributed by atoms with van der Waals surface area (Å²) in [4.78, 5) is 24.9. The van der Waals surface area contributed by atoms with Gasteiger partial charge in [0.1, 0.15) is 0 Å². The average molecular weight is 448 g/mol. The number of benzene rings is 2. The van der Waals surface area contributed by atoms with E-state index in [0.29, 0.717) is 30.2 Å². The minimum absolute atomic E-state index is 0.0371. The van der Waals surface area contributed by atoms with Gasteiger partial charge in [0.25, 0.3) is 0 Å². The molecule has 0 amide bonds.